The number of aromatic nitrogens is 1. The van der Waals surface area contributed by atoms with E-state index in [4.69, 9.17) is 0 Å². The van der Waals surface area contributed by atoms with Crippen molar-refractivity contribution >= 4 is 11.8 Å². The summed E-state index contributed by atoms with van der Waals surface area (Å²) >= 11 is 1.62. The molecule has 0 fully saturated rings. The van der Waals surface area contributed by atoms with E-state index in [0.717, 1.165) is 27.6 Å². The van der Waals surface area contributed by atoms with E-state index in [0.29, 0.717) is 0 Å². The first kappa shape index (κ1) is 14.1. The standard InChI is InChI=1S/C16H19NOS/c1-4-14(18)13-7-5-6-8-15(13)19-16-10-11(2)9-12(3)17-16/h5-10,14,18H,4H2,1-3H3. The Morgan fingerprint density at radius 1 is 1.21 bits per heavy atom. The molecule has 1 aromatic heterocycles. The molecule has 1 heterocycles. The molecule has 0 aliphatic carbocycles. The number of aryl methyl sites for hydroxylation is 2. The van der Waals surface area contributed by atoms with Gasteiger partial charge in [-0.05, 0) is 49.6 Å². The van der Waals surface area contributed by atoms with Gasteiger partial charge in [-0.25, -0.2) is 4.98 Å². The number of aliphatic hydroxyl groups excluding tert-OH is 1. The van der Waals surface area contributed by atoms with Gasteiger partial charge in [-0.2, -0.15) is 0 Å². The molecule has 1 atom stereocenters. The van der Waals surface area contributed by atoms with Crippen molar-refractivity contribution in [3.05, 3.63) is 53.2 Å². The van der Waals surface area contributed by atoms with Crippen molar-refractivity contribution in [2.24, 2.45) is 0 Å². The van der Waals surface area contributed by atoms with Crippen molar-refractivity contribution < 1.29 is 5.11 Å². The SMILES string of the molecule is CCC(O)c1ccccc1Sc1cc(C)cc(C)n1. The minimum Gasteiger partial charge on any atom is -0.388 e. The van der Waals surface area contributed by atoms with Crippen LogP contribution in [0.1, 0.15) is 36.3 Å². The van der Waals surface area contributed by atoms with Gasteiger partial charge in [0.15, 0.2) is 0 Å². The van der Waals surface area contributed by atoms with Gasteiger partial charge in [0.1, 0.15) is 5.03 Å². The van der Waals surface area contributed by atoms with Crippen molar-refractivity contribution in [2.45, 2.75) is 43.2 Å². The Balaban J connectivity index is 2.32. The van der Waals surface area contributed by atoms with Crippen LogP contribution in [0.3, 0.4) is 0 Å². The number of hydrogen-bond donors (Lipinski definition) is 1. The summed E-state index contributed by atoms with van der Waals surface area (Å²) in [5, 5.41) is 11.0. The van der Waals surface area contributed by atoms with Crippen LogP contribution >= 0.6 is 11.8 Å². The highest BCUT2D eigenvalue weighted by molar-refractivity contribution is 7.99. The van der Waals surface area contributed by atoms with Crippen molar-refractivity contribution in [3.8, 4) is 0 Å². The lowest BCUT2D eigenvalue weighted by atomic mass is 10.1. The molecule has 0 bridgehead atoms. The molecule has 2 rings (SSSR count). The number of rotatable bonds is 4. The van der Waals surface area contributed by atoms with Crippen LogP contribution in [0, 0.1) is 13.8 Å². The first-order valence-electron chi connectivity index (χ1n) is 6.50. The third-order valence-corrected chi connectivity index (χ3v) is 3.96. The lowest BCUT2D eigenvalue weighted by molar-refractivity contribution is 0.171. The van der Waals surface area contributed by atoms with Gasteiger partial charge in [-0.1, -0.05) is 36.9 Å². The van der Waals surface area contributed by atoms with Gasteiger partial charge >= 0.3 is 0 Å². The van der Waals surface area contributed by atoms with Gasteiger partial charge < -0.3 is 5.11 Å². The molecule has 1 aromatic carbocycles. The van der Waals surface area contributed by atoms with Crippen LogP contribution in [-0.4, -0.2) is 10.1 Å². The van der Waals surface area contributed by atoms with Crippen LogP contribution in [0.15, 0.2) is 46.3 Å². The molecule has 1 unspecified atom stereocenters. The quantitative estimate of drug-likeness (QED) is 0.902. The van der Waals surface area contributed by atoms with Crippen molar-refractivity contribution in [1.82, 2.24) is 4.98 Å². The van der Waals surface area contributed by atoms with Gasteiger partial charge in [-0.3, -0.25) is 0 Å². The molecule has 0 aliphatic heterocycles. The zero-order chi connectivity index (χ0) is 13.8. The molecule has 100 valence electrons. The lowest BCUT2D eigenvalue weighted by Crippen LogP contribution is -1.97. The minimum atomic E-state index is -0.408. The molecule has 2 nitrogen and oxygen atoms in total. The molecule has 0 spiro atoms. The summed E-state index contributed by atoms with van der Waals surface area (Å²) in [7, 11) is 0. The maximum Gasteiger partial charge on any atom is 0.101 e. The maximum absolute atomic E-state index is 10.1. The van der Waals surface area contributed by atoms with Gasteiger partial charge in [0, 0.05) is 10.6 Å². The van der Waals surface area contributed by atoms with E-state index in [1.165, 1.54) is 5.56 Å². The number of aliphatic hydroxyl groups is 1. The van der Waals surface area contributed by atoms with Gasteiger partial charge in [0.25, 0.3) is 0 Å². The van der Waals surface area contributed by atoms with E-state index >= 15 is 0 Å². The highest BCUT2D eigenvalue weighted by Gasteiger charge is 2.11. The van der Waals surface area contributed by atoms with Crippen LogP contribution in [-0.2, 0) is 0 Å². The zero-order valence-electron chi connectivity index (χ0n) is 11.6. The first-order valence-corrected chi connectivity index (χ1v) is 7.32. The summed E-state index contributed by atoms with van der Waals surface area (Å²) in [4.78, 5) is 5.62. The Kier molecular flexibility index (Phi) is 4.61. The second-order valence-corrected chi connectivity index (χ2v) is 5.75. The number of pyridine rings is 1. The Bertz CT molecular complexity index is 548. The largest absolute Gasteiger partial charge is 0.388 e. The Hall–Kier alpha value is -1.32. The summed E-state index contributed by atoms with van der Waals surface area (Å²) in [6, 6.07) is 12.1. The monoisotopic (exact) mass is 273 g/mol. The topological polar surface area (TPSA) is 33.1 Å². The highest BCUT2D eigenvalue weighted by Crippen LogP contribution is 2.33. The normalized spacial score (nSPS) is 12.4. The number of benzene rings is 1. The molecule has 1 N–H and O–H groups in total. The predicted octanol–water partition coefficient (Wildman–Crippen LogP) is 4.29. The second-order valence-electron chi connectivity index (χ2n) is 4.69. The van der Waals surface area contributed by atoms with E-state index in [9.17, 15) is 5.11 Å². The maximum atomic E-state index is 10.1. The van der Waals surface area contributed by atoms with Crippen LogP contribution in [0.25, 0.3) is 0 Å². The van der Waals surface area contributed by atoms with Crippen LogP contribution in [0.5, 0.6) is 0 Å². The van der Waals surface area contributed by atoms with E-state index < -0.39 is 6.10 Å². The van der Waals surface area contributed by atoms with E-state index in [1.807, 2.05) is 38.1 Å². The van der Waals surface area contributed by atoms with Crippen molar-refractivity contribution in [2.75, 3.05) is 0 Å². The summed E-state index contributed by atoms with van der Waals surface area (Å²) in [5.74, 6) is 0. The molecule has 0 aliphatic rings. The van der Waals surface area contributed by atoms with Crippen molar-refractivity contribution in [1.29, 1.82) is 0 Å². The Morgan fingerprint density at radius 3 is 2.63 bits per heavy atom. The predicted molar refractivity (Wildman–Crippen MR) is 79.5 cm³/mol. The Morgan fingerprint density at radius 2 is 1.95 bits per heavy atom. The fraction of sp³-hybridized carbons (Fsp3) is 0.312. The molecule has 19 heavy (non-hydrogen) atoms. The smallest absolute Gasteiger partial charge is 0.101 e. The third kappa shape index (κ3) is 3.58. The second kappa shape index (κ2) is 6.22. The fourth-order valence-electron chi connectivity index (χ4n) is 2.04. The van der Waals surface area contributed by atoms with Crippen LogP contribution in [0.2, 0.25) is 0 Å². The molecule has 0 saturated carbocycles. The summed E-state index contributed by atoms with van der Waals surface area (Å²) in [5.41, 5.74) is 3.22. The number of nitrogens with zero attached hydrogens (tertiary/aromatic N) is 1. The Labute approximate surface area is 118 Å². The van der Waals surface area contributed by atoms with Gasteiger partial charge in [0.2, 0.25) is 0 Å². The first-order chi connectivity index (χ1) is 9.10. The summed E-state index contributed by atoms with van der Waals surface area (Å²) < 4.78 is 0. The minimum absolute atomic E-state index is 0.408. The highest BCUT2D eigenvalue weighted by atomic mass is 32.2. The lowest BCUT2D eigenvalue weighted by Gasteiger charge is -2.13. The molecule has 2 aromatic rings. The summed E-state index contributed by atoms with van der Waals surface area (Å²) in [6.45, 7) is 6.07. The van der Waals surface area contributed by atoms with E-state index in [2.05, 4.69) is 24.0 Å². The van der Waals surface area contributed by atoms with Gasteiger partial charge in [-0.15, -0.1) is 0 Å². The molecule has 0 saturated heterocycles. The van der Waals surface area contributed by atoms with E-state index in [-0.39, 0.29) is 0 Å². The number of hydrogen-bond acceptors (Lipinski definition) is 3. The molecular weight excluding hydrogens is 254 g/mol. The third-order valence-electron chi connectivity index (χ3n) is 2.95. The fourth-order valence-corrected chi connectivity index (χ4v) is 3.17. The van der Waals surface area contributed by atoms with Crippen LogP contribution < -0.4 is 0 Å². The van der Waals surface area contributed by atoms with Crippen LogP contribution in [0.4, 0.5) is 0 Å². The summed E-state index contributed by atoms with van der Waals surface area (Å²) in [6.07, 6.45) is 0.312. The molecular formula is C16H19NOS. The average molecular weight is 273 g/mol. The van der Waals surface area contributed by atoms with E-state index in [1.54, 1.807) is 11.8 Å². The molecule has 3 heteroatoms. The molecule has 0 amide bonds. The van der Waals surface area contributed by atoms with Crippen molar-refractivity contribution in [3.63, 3.8) is 0 Å². The average Bonchev–Trinajstić information content (AvgIpc) is 2.37. The van der Waals surface area contributed by atoms with Gasteiger partial charge in [0.05, 0.1) is 6.10 Å². The zero-order valence-corrected chi connectivity index (χ0v) is 12.4. The molecule has 0 radical (unpaired) electrons.